The SMILES string of the molecule is N#Cc1ccc(N(Cc2nnc(-c3ccc(Cl)nc3)o2)CC(F)(F)F)cc1C(F)(F)F. The predicted octanol–water partition coefficient (Wildman–Crippen LogP) is 5.24. The lowest BCUT2D eigenvalue weighted by atomic mass is 10.1. The van der Waals surface area contributed by atoms with E-state index in [2.05, 4.69) is 15.2 Å². The summed E-state index contributed by atoms with van der Waals surface area (Å²) in [4.78, 5) is 4.41. The Morgan fingerprint density at radius 1 is 1.06 bits per heavy atom. The van der Waals surface area contributed by atoms with Gasteiger partial charge in [0.2, 0.25) is 11.8 Å². The maximum atomic E-state index is 13.2. The van der Waals surface area contributed by atoms with Crippen LogP contribution in [-0.2, 0) is 12.7 Å². The zero-order chi connectivity index (χ0) is 22.8. The summed E-state index contributed by atoms with van der Waals surface area (Å²) in [5, 5.41) is 16.4. The van der Waals surface area contributed by atoms with E-state index >= 15 is 0 Å². The van der Waals surface area contributed by atoms with Crippen molar-refractivity contribution < 1.29 is 30.8 Å². The number of alkyl halides is 6. The van der Waals surface area contributed by atoms with E-state index in [1.807, 2.05) is 0 Å². The summed E-state index contributed by atoms with van der Waals surface area (Å²) in [6.07, 6.45) is -8.36. The first kappa shape index (κ1) is 22.4. The maximum absolute atomic E-state index is 13.2. The molecule has 2 heterocycles. The van der Waals surface area contributed by atoms with Crippen molar-refractivity contribution in [2.45, 2.75) is 18.9 Å². The van der Waals surface area contributed by atoms with E-state index in [0.717, 1.165) is 12.1 Å². The van der Waals surface area contributed by atoms with Crippen LogP contribution in [-0.4, -0.2) is 27.9 Å². The molecule has 0 amide bonds. The van der Waals surface area contributed by atoms with Gasteiger partial charge >= 0.3 is 12.4 Å². The first-order chi connectivity index (χ1) is 14.5. The number of anilines is 1. The quantitative estimate of drug-likeness (QED) is 0.382. The zero-order valence-electron chi connectivity index (χ0n) is 15.2. The molecule has 0 aliphatic carbocycles. The monoisotopic (exact) mass is 461 g/mol. The van der Waals surface area contributed by atoms with Gasteiger partial charge in [0.25, 0.3) is 0 Å². The molecule has 2 aromatic heterocycles. The molecule has 31 heavy (non-hydrogen) atoms. The summed E-state index contributed by atoms with van der Waals surface area (Å²) in [6.45, 7) is -2.22. The highest BCUT2D eigenvalue weighted by Crippen LogP contribution is 2.35. The molecule has 0 bridgehead atoms. The summed E-state index contributed by atoms with van der Waals surface area (Å²) in [5.74, 6) is -0.325. The number of pyridine rings is 1. The van der Waals surface area contributed by atoms with Gasteiger partial charge < -0.3 is 9.32 Å². The van der Waals surface area contributed by atoms with Gasteiger partial charge in [0, 0.05) is 11.9 Å². The summed E-state index contributed by atoms with van der Waals surface area (Å²) in [6, 6.07) is 6.58. The molecule has 0 atom stereocenters. The fourth-order valence-electron chi connectivity index (χ4n) is 2.62. The molecule has 0 unspecified atom stereocenters. The topological polar surface area (TPSA) is 78.8 Å². The smallest absolute Gasteiger partial charge is 0.417 e. The van der Waals surface area contributed by atoms with Crippen LogP contribution in [0.3, 0.4) is 0 Å². The second-order valence-electron chi connectivity index (χ2n) is 6.18. The van der Waals surface area contributed by atoms with E-state index < -0.39 is 42.3 Å². The van der Waals surface area contributed by atoms with Crippen LogP contribution in [0.25, 0.3) is 11.5 Å². The van der Waals surface area contributed by atoms with Crippen molar-refractivity contribution in [2.75, 3.05) is 11.4 Å². The largest absolute Gasteiger partial charge is 0.419 e. The number of nitrogens with zero attached hydrogens (tertiary/aromatic N) is 5. The van der Waals surface area contributed by atoms with Gasteiger partial charge in [0.1, 0.15) is 11.7 Å². The molecular weight excluding hydrogens is 452 g/mol. The highest BCUT2D eigenvalue weighted by atomic mass is 35.5. The van der Waals surface area contributed by atoms with E-state index in [-0.39, 0.29) is 16.9 Å². The van der Waals surface area contributed by atoms with Crippen molar-refractivity contribution in [1.82, 2.24) is 15.2 Å². The van der Waals surface area contributed by atoms with Crippen LogP contribution in [0.15, 0.2) is 40.9 Å². The average molecular weight is 462 g/mol. The molecular formula is C18H10ClF6N5O. The first-order valence-electron chi connectivity index (χ1n) is 8.33. The van der Waals surface area contributed by atoms with Gasteiger partial charge in [-0.15, -0.1) is 10.2 Å². The Kier molecular flexibility index (Phi) is 6.08. The van der Waals surface area contributed by atoms with Crippen LogP contribution in [0.2, 0.25) is 5.15 Å². The lowest BCUT2D eigenvalue weighted by Gasteiger charge is -2.25. The first-order valence-corrected chi connectivity index (χ1v) is 8.71. The molecule has 3 aromatic rings. The van der Waals surface area contributed by atoms with E-state index in [4.69, 9.17) is 21.3 Å². The molecule has 6 nitrogen and oxygen atoms in total. The average Bonchev–Trinajstić information content (AvgIpc) is 3.14. The lowest BCUT2D eigenvalue weighted by molar-refractivity contribution is -0.137. The lowest BCUT2D eigenvalue weighted by Crippen LogP contribution is -2.34. The van der Waals surface area contributed by atoms with E-state index in [1.54, 1.807) is 0 Å². The van der Waals surface area contributed by atoms with Gasteiger partial charge in [-0.1, -0.05) is 11.6 Å². The fraction of sp³-hybridized carbons (Fsp3) is 0.222. The fourth-order valence-corrected chi connectivity index (χ4v) is 2.73. The van der Waals surface area contributed by atoms with Crippen molar-refractivity contribution >= 4 is 17.3 Å². The van der Waals surface area contributed by atoms with Crippen LogP contribution in [0.4, 0.5) is 32.0 Å². The Morgan fingerprint density at radius 2 is 1.81 bits per heavy atom. The molecule has 0 spiro atoms. The molecule has 0 aliphatic heterocycles. The van der Waals surface area contributed by atoms with Crippen molar-refractivity contribution in [3.63, 3.8) is 0 Å². The van der Waals surface area contributed by atoms with E-state index in [0.29, 0.717) is 16.5 Å². The van der Waals surface area contributed by atoms with Gasteiger partial charge in [-0.25, -0.2) is 4.98 Å². The molecule has 0 N–H and O–H groups in total. The van der Waals surface area contributed by atoms with Gasteiger partial charge in [0.15, 0.2) is 0 Å². The summed E-state index contributed by atoms with van der Waals surface area (Å²) < 4.78 is 84.2. The standard InChI is InChI=1S/C18H10ClF6N5O/c19-14-4-2-11(7-27-14)16-29-28-15(31-16)8-30(9-17(20,21)22)12-3-1-10(6-26)13(5-12)18(23,24)25/h1-5,7H,8-9H2. The highest BCUT2D eigenvalue weighted by molar-refractivity contribution is 6.29. The maximum Gasteiger partial charge on any atom is 0.417 e. The Balaban J connectivity index is 1.94. The minimum atomic E-state index is -4.93. The van der Waals surface area contributed by atoms with Crippen LogP contribution in [0, 0.1) is 11.3 Å². The van der Waals surface area contributed by atoms with Crippen molar-refractivity contribution in [3.05, 3.63) is 58.7 Å². The number of hydrogen-bond donors (Lipinski definition) is 0. The summed E-state index contributed by atoms with van der Waals surface area (Å²) in [7, 11) is 0. The predicted molar refractivity (Wildman–Crippen MR) is 95.8 cm³/mol. The molecule has 3 rings (SSSR count). The van der Waals surface area contributed by atoms with Gasteiger partial charge in [-0.05, 0) is 30.3 Å². The molecule has 13 heteroatoms. The third-order valence-corrected chi connectivity index (χ3v) is 4.16. The molecule has 162 valence electrons. The number of rotatable bonds is 5. The Labute approximate surface area is 175 Å². The Morgan fingerprint density at radius 3 is 2.39 bits per heavy atom. The van der Waals surface area contributed by atoms with Crippen LogP contribution >= 0.6 is 11.6 Å². The summed E-state index contributed by atoms with van der Waals surface area (Å²) >= 11 is 5.68. The number of halogens is 7. The molecule has 1 aromatic carbocycles. The molecule has 0 fully saturated rings. The zero-order valence-corrected chi connectivity index (χ0v) is 15.9. The van der Waals surface area contributed by atoms with Crippen molar-refractivity contribution in [2.24, 2.45) is 0 Å². The highest BCUT2D eigenvalue weighted by Gasteiger charge is 2.36. The van der Waals surface area contributed by atoms with Crippen LogP contribution in [0.5, 0.6) is 0 Å². The van der Waals surface area contributed by atoms with Crippen molar-refractivity contribution in [1.29, 1.82) is 5.26 Å². The molecule has 0 aliphatic rings. The third-order valence-electron chi connectivity index (χ3n) is 3.93. The Hall–Kier alpha value is -3.33. The normalized spacial score (nSPS) is 11.9. The summed E-state index contributed by atoms with van der Waals surface area (Å²) in [5.41, 5.74) is -2.13. The van der Waals surface area contributed by atoms with Crippen LogP contribution in [0.1, 0.15) is 17.0 Å². The van der Waals surface area contributed by atoms with Gasteiger partial charge in [-0.2, -0.15) is 31.6 Å². The van der Waals surface area contributed by atoms with Crippen molar-refractivity contribution in [3.8, 4) is 17.5 Å². The third kappa shape index (κ3) is 5.64. The minimum Gasteiger partial charge on any atom is -0.419 e. The number of hydrogen-bond acceptors (Lipinski definition) is 6. The second-order valence-corrected chi connectivity index (χ2v) is 6.57. The number of aromatic nitrogens is 3. The van der Waals surface area contributed by atoms with E-state index in [1.165, 1.54) is 24.4 Å². The molecule has 0 saturated heterocycles. The van der Waals surface area contributed by atoms with E-state index in [9.17, 15) is 26.3 Å². The Bertz CT molecular complexity index is 1100. The van der Waals surface area contributed by atoms with Gasteiger partial charge in [-0.3, -0.25) is 0 Å². The second kappa shape index (κ2) is 8.43. The van der Waals surface area contributed by atoms with Crippen LogP contribution < -0.4 is 4.90 Å². The number of benzene rings is 1. The number of nitriles is 1. The molecule has 0 saturated carbocycles. The van der Waals surface area contributed by atoms with Gasteiger partial charge in [0.05, 0.1) is 29.3 Å². The molecule has 0 radical (unpaired) electrons. The minimum absolute atomic E-state index is 0.0538.